The van der Waals surface area contributed by atoms with E-state index >= 15 is 0 Å². The minimum atomic E-state index is -0.260. The zero-order chi connectivity index (χ0) is 22.3. The smallest absolute Gasteiger partial charge is 0.262 e. The van der Waals surface area contributed by atoms with Gasteiger partial charge in [0.25, 0.3) is 5.91 Å². The molecule has 2 aromatic carbocycles. The number of likely N-dealkylation sites (N-methyl/N-ethyl adjacent to an activating group) is 1. The van der Waals surface area contributed by atoms with Gasteiger partial charge in [0.15, 0.2) is 23.9 Å². The van der Waals surface area contributed by atoms with E-state index in [2.05, 4.69) is 32.4 Å². The summed E-state index contributed by atoms with van der Waals surface area (Å²) in [4.78, 5) is 16.9. The molecule has 1 N–H and O–H groups in total. The molecule has 1 aliphatic rings. The van der Waals surface area contributed by atoms with Gasteiger partial charge in [0, 0.05) is 37.4 Å². The lowest BCUT2D eigenvalue weighted by Gasteiger charge is -2.32. The lowest BCUT2D eigenvalue weighted by Crippen LogP contribution is -2.44. The highest BCUT2D eigenvalue weighted by Crippen LogP contribution is 2.26. The van der Waals surface area contributed by atoms with Crippen molar-refractivity contribution in [1.29, 1.82) is 0 Å². The van der Waals surface area contributed by atoms with Gasteiger partial charge in [0.05, 0.1) is 12.8 Å². The van der Waals surface area contributed by atoms with Gasteiger partial charge in [-0.3, -0.25) is 4.79 Å². The van der Waals surface area contributed by atoms with E-state index in [1.54, 1.807) is 19.2 Å². The molecule has 0 atom stereocenters. The van der Waals surface area contributed by atoms with Gasteiger partial charge < -0.3 is 24.6 Å². The monoisotopic (exact) mass is 433 g/mol. The standard InChI is InChI=1S/C24H27N5O3/c1-28-12-14-29(15-13-28)23-11-10-20(26-27-23)18-6-5-7-19(16-18)25-24(30)17-32-22-9-4-3-8-21(22)31-2/h3-11,16H,12-15,17H2,1-2H3,(H,25,30). The molecule has 0 bridgehead atoms. The number of carbonyl (C=O) groups is 1. The van der Waals surface area contributed by atoms with E-state index < -0.39 is 0 Å². The van der Waals surface area contributed by atoms with Crippen molar-refractivity contribution in [2.45, 2.75) is 0 Å². The summed E-state index contributed by atoms with van der Waals surface area (Å²) in [5.41, 5.74) is 2.30. The van der Waals surface area contributed by atoms with Gasteiger partial charge in [-0.05, 0) is 43.4 Å². The number of nitrogens with one attached hydrogen (secondary N) is 1. The molecular weight excluding hydrogens is 406 g/mol. The largest absolute Gasteiger partial charge is 0.493 e. The summed E-state index contributed by atoms with van der Waals surface area (Å²) < 4.78 is 10.8. The number of benzene rings is 2. The van der Waals surface area contributed by atoms with Crippen LogP contribution in [0.5, 0.6) is 11.5 Å². The predicted octanol–water partition coefficient (Wildman–Crippen LogP) is 2.92. The molecule has 32 heavy (non-hydrogen) atoms. The number of hydrogen-bond donors (Lipinski definition) is 1. The molecule has 1 aromatic heterocycles. The summed E-state index contributed by atoms with van der Waals surface area (Å²) in [6.45, 7) is 3.81. The minimum absolute atomic E-state index is 0.121. The Morgan fingerprint density at radius 3 is 2.47 bits per heavy atom. The third-order valence-electron chi connectivity index (χ3n) is 5.35. The van der Waals surface area contributed by atoms with Crippen molar-refractivity contribution in [3.63, 3.8) is 0 Å². The van der Waals surface area contributed by atoms with E-state index in [0.29, 0.717) is 17.2 Å². The second kappa shape index (κ2) is 10.1. The van der Waals surface area contributed by atoms with Crippen LogP contribution in [0.25, 0.3) is 11.3 Å². The summed E-state index contributed by atoms with van der Waals surface area (Å²) in [6, 6.07) is 18.7. The normalized spacial score (nSPS) is 14.1. The van der Waals surface area contributed by atoms with Crippen molar-refractivity contribution in [2.75, 3.05) is 57.2 Å². The zero-order valence-electron chi connectivity index (χ0n) is 18.3. The molecule has 8 heteroatoms. The molecule has 1 amide bonds. The lowest BCUT2D eigenvalue weighted by atomic mass is 10.1. The predicted molar refractivity (Wildman–Crippen MR) is 124 cm³/mol. The Bertz CT molecular complexity index is 1050. The lowest BCUT2D eigenvalue weighted by molar-refractivity contribution is -0.118. The fourth-order valence-corrected chi connectivity index (χ4v) is 3.52. The van der Waals surface area contributed by atoms with Gasteiger partial charge in [0.1, 0.15) is 0 Å². The van der Waals surface area contributed by atoms with Gasteiger partial charge in [-0.15, -0.1) is 10.2 Å². The van der Waals surface area contributed by atoms with Crippen LogP contribution in [0.15, 0.2) is 60.7 Å². The van der Waals surface area contributed by atoms with Crippen LogP contribution in [0.1, 0.15) is 0 Å². The zero-order valence-corrected chi connectivity index (χ0v) is 18.3. The fraction of sp³-hybridized carbons (Fsp3) is 0.292. The first kappa shape index (κ1) is 21.6. The number of piperazine rings is 1. The van der Waals surface area contributed by atoms with E-state index in [1.165, 1.54) is 0 Å². The highest BCUT2D eigenvalue weighted by molar-refractivity contribution is 5.92. The first-order valence-corrected chi connectivity index (χ1v) is 10.6. The maximum absolute atomic E-state index is 12.4. The quantitative estimate of drug-likeness (QED) is 0.614. The van der Waals surface area contributed by atoms with Gasteiger partial charge in [-0.2, -0.15) is 0 Å². The molecule has 1 saturated heterocycles. The Labute approximate surface area is 187 Å². The van der Waals surface area contributed by atoms with Crippen LogP contribution < -0.4 is 19.7 Å². The summed E-state index contributed by atoms with van der Waals surface area (Å²) in [6.07, 6.45) is 0. The molecule has 3 aromatic rings. The molecular formula is C24H27N5O3. The maximum Gasteiger partial charge on any atom is 0.262 e. The van der Waals surface area contributed by atoms with Crippen LogP contribution in [-0.2, 0) is 4.79 Å². The molecule has 0 radical (unpaired) electrons. The molecule has 0 saturated carbocycles. The second-order valence-electron chi connectivity index (χ2n) is 7.64. The van der Waals surface area contributed by atoms with Gasteiger partial charge >= 0.3 is 0 Å². The van der Waals surface area contributed by atoms with Crippen LogP contribution in [0.4, 0.5) is 11.5 Å². The number of methoxy groups -OCH3 is 1. The summed E-state index contributed by atoms with van der Waals surface area (Å²) in [5.74, 6) is 1.74. The van der Waals surface area contributed by atoms with Gasteiger partial charge in [-0.1, -0.05) is 24.3 Å². The molecule has 166 valence electrons. The molecule has 2 heterocycles. The number of aromatic nitrogens is 2. The maximum atomic E-state index is 12.4. The SMILES string of the molecule is COc1ccccc1OCC(=O)Nc1cccc(-c2ccc(N3CCN(C)CC3)nn2)c1. The highest BCUT2D eigenvalue weighted by atomic mass is 16.5. The third kappa shape index (κ3) is 5.33. The van der Waals surface area contributed by atoms with Crippen LogP contribution in [0, 0.1) is 0 Å². The Balaban J connectivity index is 1.37. The Kier molecular flexibility index (Phi) is 6.81. The van der Waals surface area contributed by atoms with E-state index in [1.807, 2.05) is 48.5 Å². The van der Waals surface area contributed by atoms with Crippen molar-refractivity contribution in [3.8, 4) is 22.8 Å². The topological polar surface area (TPSA) is 79.8 Å². The number of carbonyl (C=O) groups excluding carboxylic acids is 1. The van der Waals surface area contributed by atoms with Crippen LogP contribution in [0.2, 0.25) is 0 Å². The van der Waals surface area contributed by atoms with E-state index in [4.69, 9.17) is 9.47 Å². The molecule has 4 rings (SSSR count). The van der Waals surface area contributed by atoms with Crippen molar-refractivity contribution in [3.05, 3.63) is 60.7 Å². The van der Waals surface area contributed by atoms with Gasteiger partial charge in [-0.25, -0.2) is 0 Å². The minimum Gasteiger partial charge on any atom is -0.493 e. The highest BCUT2D eigenvalue weighted by Gasteiger charge is 2.16. The number of amides is 1. The fourth-order valence-electron chi connectivity index (χ4n) is 3.52. The number of para-hydroxylation sites is 2. The van der Waals surface area contributed by atoms with E-state index in [9.17, 15) is 4.79 Å². The molecule has 1 fully saturated rings. The van der Waals surface area contributed by atoms with E-state index in [-0.39, 0.29) is 12.5 Å². The molecule has 8 nitrogen and oxygen atoms in total. The summed E-state index contributed by atoms with van der Waals surface area (Å²) >= 11 is 0. The van der Waals surface area contributed by atoms with Crippen molar-refractivity contribution >= 4 is 17.4 Å². The number of nitrogens with zero attached hydrogens (tertiary/aromatic N) is 4. The average Bonchev–Trinajstić information content (AvgIpc) is 2.84. The average molecular weight is 434 g/mol. The number of ether oxygens (including phenoxy) is 2. The summed E-state index contributed by atoms with van der Waals surface area (Å²) in [5, 5.41) is 11.7. The van der Waals surface area contributed by atoms with Crippen LogP contribution in [0.3, 0.4) is 0 Å². The second-order valence-corrected chi connectivity index (χ2v) is 7.64. The molecule has 1 aliphatic heterocycles. The third-order valence-corrected chi connectivity index (χ3v) is 5.35. The van der Waals surface area contributed by atoms with Crippen molar-refractivity contribution in [2.24, 2.45) is 0 Å². The van der Waals surface area contributed by atoms with Crippen LogP contribution in [-0.4, -0.2) is 67.9 Å². The Morgan fingerprint density at radius 1 is 0.969 bits per heavy atom. The van der Waals surface area contributed by atoms with E-state index in [0.717, 1.165) is 43.3 Å². The Morgan fingerprint density at radius 2 is 1.75 bits per heavy atom. The molecule has 0 spiro atoms. The molecule has 0 unspecified atom stereocenters. The first-order valence-electron chi connectivity index (χ1n) is 10.6. The molecule has 0 aliphatic carbocycles. The Hall–Kier alpha value is -3.65. The number of rotatable bonds is 7. The van der Waals surface area contributed by atoms with Crippen molar-refractivity contribution < 1.29 is 14.3 Å². The number of hydrogen-bond acceptors (Lipinski definition) is 7. The van der Waals surface area contributed by atoms with Crippen molar-refractivity contribution in [1.82, 2.24) is 15.1 Å². The first-order chi connectivity index (χ1) is 15.6. The van der Waals surface area contributed by atoms with Crippen LogP contribution >= 0.6 is 0 Å². The number of anilines is 2. The summed E-state index contributed by atoms with van der Waals surface area (Å²) in [7, 11) is 3.69. The van der Waals surface area contributed by atoms with Gasteiger partial charge in [0.2, 0.25) is 0 Å².